The summed E-state index contributed by atoms with van der Waals surface area (Å²) >= 11 is 6.07. The van der Waals surface area contributed by atoms with Crippen molar-refractivity contribution < 1.29 is 19.1 Å². The monoisotopic (exact) mass is 444 g/mol. The van der Waals surface area contributed by atoms with E-state index in [-0.39, 0.29) is 18.1 Å². The van der Waals surface area contributed by atoms with Crippen molar-refractivity contribution in [2.24, 2.45) is 0 Å². The zero-order valence-corrected chi connectivity index (χ0v) is 17.9. The molecule has 0 fully saturated rings. The number of hydrogen-bond acceptors (Lipinski definition) is 7. The predicted octanol–water partition coefficient (Wildman–Crippen LogP) is 2.73. The minimum atomic E-state index is -0.599. The summed E-state index contributed by atoms with van der Waals surface area (Å²) in [6.07, 6.45) is 0. The van der Waals surface area contributed by atoms with Gasteiger partial charge in [-0.1, -0.05) is 22.9 Å². The van der Waals surface area contributed by atoms with Gasteiger partial charge in [0.15, 0.2) is 11.5 Å². The molecule has 162 valence electrons. The quantitative estimate of drug-likeness (QED) is 0.510. The first-order chi connectivity index (χ1) is 14.8. The molecule has 1 heterocycles. The van der Waals surface area contributed by atoms with Crippen LogP contribution in [-0.4, -0.2) is 41.0 Å². The molecule has 0 atom stereocenters. The lowest BCUT2D eigenvalue weighted by molar-refractivity contribution is -0.116. The van der Waals surface area contributed by atoms with E-state index in [0.717, 1.165) is 10.2 Å². The van der Waals surface area contributed by atoms with Gasteiger partial charge in [0.1, 0.15) is 18.0 Å². The Kier molecular flexibility index (Phi) is 6.61. The molecular formula is C20H21ClN6O4. The zero-order chi connectivity index (χ0) is 22.5. The van der Waals surface area contributed by atoms with E-state index in [1.807, 2.05) is 6.92 Å². The summed E-state index contributed by atoms with van der Waals surface area (Å²) in [5.74, 6) is -0.0868. The summed E-state index contributed by atoms with van der Waals surface area (Å²) in [5.41, 5.74) is 7.69. The van der Waals surface area contributed by atoms with E-state index in [9.17, 15) is 9.59 Å². The van der Waals surface area contributed by atoms with Gasteiger partial charge in [0.2, 0.25) is 5.91 Å². The molecule has 1 aromatic heterocycles. The molecule has 2 amide bonds. The highest BCUT2D eigenvalue weighted by atomic mass is 35.5. The van der Waals surface area contributed by atoms with Crippen LogP contribution in [0.1, 0.15) is 16.1 Å². The molecule has 11 heteroatoms. The predicted molar refractivity (Wildman–Crippen MR) is 117 cm³/mol. The molecule has 0 unspecified atom stereocenters. The lowest BCUT2D eigenvalue weighted by Gasteiger charge is -2.11. The van der Waals surface area contributed by atoms with Gasteiger partial charge in [-0.15, -0.1) is 5.10 Å². The Morgan fingerprint density at radius 2 is 1.90 bits per heavy atom. The van der Waals surface area contributed by atoms with Gasteiger partial charge in [-0.05, 0) is 36.8 Å². The number of benzene rings is 2. The van der Waals surface area contributed by atoms with E-state index in [0.29, 0.717) is 27.9 Å². The van der Waals surface area contributed by atoms with Crippen molar-refractivity contribution in [2.45, 2.75) is 13.5 Å². The van der Waals surface area contributed by atoms with Crippen LogP contribution < -0.4 is 25.8 Å². The molecule has 31 heavy (non-hydrogen) atoms. The third-order valence-electron chi connectivity index (χ3n) is 4.39. The summed E-state index contributed by atoms with van der Waals surface area (Å²) in [6.45, 7) is 1.63. The van der Waals surface area contributed by atoms with Crippen molar-refractivity contribution in [3.63, 3.8) is 0 Å². The van der Waals surface area contributed by atoms with Gasteiger partial charge in [-0.3, -0.25) is 9.59 Å². The van der Waals surface area contributed by atoms with Crippen molar-refractivity contribution in [1.82, 2.24) is 15.0 Å². The second kappa shape index (κ2) is 9.35. The number of methoxy groups -OCH3 is 2. The Morgan fingerprint density at radius 1 is 1.13 bits per heavy atom. The molecule has 0 aliphatic carbocycles. The Balaban J connectivity index is 1.70. The molecule has 0 radical (unpaired) electrons. The Bertz CT molecular complexity index is 1130. The third-order valence-corrected chi connectivity index (χ3v) is 4.80. The number of ether oxygens (including phenoxy) is 2. The number of aryl methyl sites for hydroxylation is 1. The second-order valence-electron chi connectivity index (χ2n) is 6.51. The molecular weight excluding hydrogens is 424 g/mol. The van der Waals surface area contributed by atoms with E-state index < -0.39 is 11.8 Å². The Labute approximate surface area is 183 Å². The first kappa shape index (κ1) is 21.9. The Hall–Kier alpha value is -3.79. The molecule has 3 rings (SSSR count). The first-order valence-electron chi connectivity index (χ1n) is 9.10. The first-order valence-corrected chi connectivity index (χ1v) is 9.48. The highest BCUT2D eigenvalue weighted by Crippen LogP contribution is 2.29. The highest BCUT2D eigenvalue weighted by molar-refractivity contribution is 6.31. The van der Waals surface area contributed by atoms with Crippen LogP contribution in [0.4, 0.5) is 17.2 Å². The van der Waals surface area contributed by atoms with Gasteiger partial charge in [-0.2, -0.15) is 0 Å². The van der Waals surface area contributed by atoms with Crippen LogP contribution >= 0.6 is 11.6 Å². The minimum absolute atomic E-state index is 0.0536. The maximum absolute atomic E-state index is 12.6. The van der Waals surface area contributed by atoms with Crippen molar-refractivity contribution in [3.8, 4) is 11.5 Å². The van der Waals surface area contributed by atoms with Crippen LogP contribution in [0.5, 0.6) is 11.5 Å². The number of anilines is 3. The zero-order valence-electron chi connectivity index (χ0n) is 17.1. The number of halogens is 1. The fourth-order valence-electron chi connectivity index (χ4n) is 2.69. The molecule has 0 saturated heterocycles. The summed E-state index contributed by atoms with van der Waals surface area (Å²) in [6, 6.07) is 10.1. The van der Waals surface area contributed by atoms with Gasteiger partial charge >= 0.3 is 0 Å². The van der Waals surface area contributed by atoms with Crippen molar-refractivity contribution in [2.75, 3.05) is 30.6 Å². The average Bonchev–Trinajstić information content (AvgIpc) is 3.11. The number of nitrogen functional groups attached to an aromatic ring is 1. The Morgan fingerprint density at radius 3 is 2.58 bits per heavy atom. The normalized spacial score (nSPS) is 10.5. The molecule has 2 aromatic carbocycles. The fourth-order valence-corrected chi connectivity index (χ4v) is 2.87. The van der Waals surface area contributed by atoms with Crippen molar-refractivity contribution in [1.29, 1.82) is 0 Å². The smallest absolute Gasteiger partial charge is 0.280 e. The van der Waals surface area contributed by atoms with Crippen LogP contribution in [0.3, 0.4) is 0 Å². The van der Waals surface area contributed by atoms with E-state index in [2.05, 4.69) is 20.9 Å². The number of carbonyl (C=O) groups excluding carboxylic acids is 2. The van der Waals surface area contributed by atoms with Crippen molar-refractivity contribution >= 4 is 40.6 Å². The lowest BCUT2D eigenvalue weighted by atomic mass is 10.2. The fraction of sp³-hybridized carbons (Fsp3) is 0.200. The second-order valence-corrected chi connectivity index (χ2v) is 6.92. The van der Waals surface area contributed by atoms with Crippen LogP contribution in [0.15, 0.2) is 36.4 Å². The van der Waals surface area contributed by atoms with E-state index >= 15 is 0 Å². The molecule has 3 aromatic rings. The third kappa shape index (κ3) is 5.04. The summed E-state index contributed by atoms with van der Waals surface area (Å²) in [5, 5.41) is 13.5. The minimum Gasteiger partial charge on any atom is -0.497 e. The van der Waals surface area contributed by atoms with Gasteiger partial charge < -0.3 is 25.8 Å². The van der Waals surface area contributed by atoms with Crippen molar-refractivity contribution in [3.05, 3.63) is 52.7 Å². The number of aromatic nitrogens is 3. The number of rotatable bonds is 7. The SMILES string of the molecule is COc1ccc(NC(=O)c2nnn(CC(=O)Nc3ccc(C)c(Cl)c3)c2N)c(OC)c1. The molecule has 0 spiro atoms. The van der Waals surface area contributed by atoms with Gasteiger partial charge in [-0.25, -0.2) is 4.68 Å². The molecule has 4 N–H and O–H groups in total. The van der Waals surface area contributed by atoms with Gasteiger partial charge in [0.25, 0.3) is 5.91 Å². The number of nitrogens with zero attached hydrogens (tertiary/aromatic N) is 3. The van der Waals surface area contributed by atoms with Crippen LogP contribution in [-0.2, 0) is 11.3 Å². The highest BCUT2D eigenvalue weighted by Gasteiger charge is 2.20. The van der Waals surface area contributed by atoms with Gasteiger partial charge in [0.05, 0.1) is 19.9 Å². The van der Waals surface area contributed by atoms with Gasteiger partial charge in [0, 0.05) is 16.8 Å². The maximum atomic E-state index is 12.6. The topological polar surface area (TPSA) is 133 Å². The molecule has 0 saturated carbocycles. The summed E-state index contributed by atoms with van der Waals surface area (Å²) in [7, 11) is 2.99. The number of hydrogen-bond donors (Lipinski definition) is 3. The van der Waals surface area contributed by atoms with Crippen LogP contribution in [0.2, 0.25) is 5.02 Å². The summed E-state index contributed by atoms with van der Waals surface area (Å²) in [4.78, 5) is 24.9. The standard InChI is InChI=1S/C20H21ClN6O4/c1-11-4-5-12(8-14(11)21)23-17(28)10-27-19(22)18(25-26-27)20(29)24-15-7-6-13(30-2)9-16(15)31-3/h4-9H,10,22H2,1-3H3,(H,23,28)(H,24,29). The van der Waals surface area contributed by atoms with Crippen LogP contribution in [0, 0.1) is 6.92 Å². The molecule has 0 bridgehead atoms. The lowest BCUT2D eigenvalue weighted by Crippen LogP contribution is -2.21. The maximum Gasteiger partial charge on any atom is 0.280 e. The number of carbonyl (C=O) groups is 2. The number of amides is 2. The van der Waals surface area contributed by atoms with E-state index in [4.69, 9.17) is 26.8 Å². The molecule has 0 aliphatic rings. The van der Waals surface area contributed by atoms with E-state index in [1.165, 1.54) is 14.2 Å². The van der Waals surface area contributed by atoms with E-state index in [1.54, 1.807) is 36.4 Å². The average molecular weight is 445 g/mol. The molecule has 10 nitrogen and oxygen atoms in total. The largest absolute Gasteiger partial charge is 0.497 e. The number of nitrogens with two attached hydrogens (primary N) is 1. The van der Waals surface area contributed by atoms with Crippen LogP contribution in [0.25, 0.3) is 0 Å². The molecule has 0 aliphatic heterocycles. The summed E-state index contributed by atoms with van der Waals surface area (Å²) < 4.78 is 11.5. The number of nitrogens with one attached hydrogen (secondary N) is 2.